The minimum absolute atomic E-state index is 0.0428. The average Bonchev–Trinajstić information content (AvgIpc) is 3.28. The molecule has 0 bridgehead atoms. The molecular weight excluding hydrogens is 402 g/mol. The van der Waals surface area contributed by atoms with E-state index in [9.17, 15) is 9.59 Å². The average molecular weight is 425 g/mol. The van der Waals surface area contributed by atoms with Crippen LogP contribution in [0.5, 0.6) is 0 Å². The van der Waals surface area contributed by atoms with Gasteiger partial charge in [-0.2, -0.15) is 0 Å². The van der Waals surface area contributed by atoms with Crippen molar-refractivity contribution in [1.82, 2.24) is 18.7 Å². The second kappa shape index (κ2) is 7.85. The topological polar surface area (TPSA) is 73.8 Å². The molecule has 0 saturated carbocycles. The maximum Gasteiger partial charge on any atom is 0.329 e. The van der Waals surface area contributed by atoms with Crippen LogP contribution in [0.15, 0.2) is 77.6 Å². The van der Waals surface area contributed by atoms with Gasteiger partial charge in [0.2, 0.25) is 5.91 Å². The standard InChI is InChI=1S/C25H23N5O2/c1-3-29-21-10-6-7-11-22(21)30(25(29)32)16-23(31)26-18-14-12-17(13-15-18)24-27-19-8-4-5-9-20(19)28(24)2/h4-15H,3,16H2,1-2H3,(H,26,31). The number of hydrogen-bond acceptors (Lipinski definition) is 3. The normalized spacial score (nSPS) is 11.3. The van der Waals surface area contributed by atoms with Gasteiger partial charge in [0.05, 0.1) is 22.1 Å². The van der Waals surface area contributed by atoms with Crippen molar-refractivity contribution in [2.24, 2.45) is 7.05 Å². The quantitative estimate of drug-likeness (QED) is 0.462. The van der Waals surface area contributed by atoms with Crippen molar-refractivity contribution in [3.05, 3.63) is 83.3 Å². The van der Waals surface area contributed by atoms with Crippen LogP contribution in [0.3, 0.4) is 0 Å². The van der Waals surface area contributed by atoms with Gasteiger partial charge in [0.1, 0.15) is 12.4 Å². The van der Waals surface area contributed by atoms with Crippen LogP contribution in [0.25, 0.3) is 33.5 Å². The van der Waals surface area contributed by atoms with Gasteiger partial charge in [0, 0.05) is 24.8 Å². The Bertz CT molecular complexity index is 1510. The Labute approximate surface area is 184 Å². The smallest absolute Gasteiger partial charge is 0.327 e. The zero-order chi connectivity index (χ0) is 22.2. The summed E-state index contributed by atoms with van der Waals surface area (Å²) < 4.78 is 5.25. The number of anilines is 1. The summed E-state index contributed by atoms with van der Waals surface area (Å²) in [6.07, 6.45) is 0. The molecule has 0 aliphatic carbocycles. The van der Waals surface area contributed by atoms with E-state index in [0.29, 0.717) is 12.2 Å². The van der Waals surface area contributed by atoms with Gasteiger partial charge in [-0.05, 0) is 55.5 Å². The number of aromatic nitrogens is 4. The fraction of sp³-hybridized carbons (Fsp3) is 0.160. The highest BCUT2D eigenvalue weighted by atomic mass is 16.2. The summed E-state index contributed by atoms with van der Waals surface area (Å²) >= 11 is 0. The third kappa shape index (κ3) is 3.28. The molecule has 5 rings (SSSR count). The monoisotopic (exact) mass is 425 g/mol. The third-order valence-corrected chi connectivity index (χ3v) is 5.76. The summed E-state index contributed by atoms with van der Waals surface area (Å²) in [4.78, 5) is 30.2. The first kappa shape index (κ1) is 19.8. The second-order valence-corrected chi connectivity index (χ2v) is 7.71. The zero-order valence-electron chi connectivity index (χ0n) is 17.9. The minimum atomic E-state index is -0.249. The number of benzene rings is 3. The SMILES string of the molecule is CCn1c(=O)n(CC(=O)Nc2ccc(-c3nc4ccccc4n3C)cc2)c2ccccc21. The molecule has 3 aromatic carbocycles. The number of para-hydroxylation sites is 4. The Kier molecular flexibility index (Phi) is 4.86. The molecule has 160 valence electrons. The number of rotatable bonds is 5. The number of carbonyl (C=O) groups excluding carboxylic acids is 1. The number of aryl methyl sites for hydroxylation is 2. The number of nitrogens with zero attached hydrogens (tertiary/aromatic N) is 4. The van der Waals surface area contributed by atoms with E-state index in [1.54, 1.807) is 4.57 Å². The van der Waals surface area contributed by atoms with Gasteiger partial charge in [0.15, 0.2) is 0 Å². The molecule has 0 fully saturated rings. The Morgan fingerprint density at radius 2 is 1.50 bits per heavy atom. The second-order valence-electron chi connectivity index (χ2n) is 7.71. The lowest BCUT2D eigenvalue weighted by molar-refractivity contribution is -0.116. The summed E-state index contributed by atoms with van der Waals surface area (Å²) in [5.74, 6) is 0.615. The van der Waals surface area contributed by atoms with Crippen LogP contribution < -0.4 is 11.0 Å². The van der Waals surface area contributed by atoms with E-state index in [0.717, 1.165) is 33.5 Å². The van der Waals surface area contributed by atoms with Crippen LogP contribution in [0.2, 0.25) is 0 Å². The zero-order valence-corrected chi connectivity index (χ0v) is 17.9. The van der Waals surface area contributed by atoms with Crippen molar-refractivity contribution in [3.8, 4) is 11.4 Å². The molecule has 32 heavy (non-hydrogen) atoms. The highest BCUT2D eigenvalue weighted by Gasteiger charge is 2.15. The number of imidazole rings is 2. The molecule has 0 radical (unpaired) electrons. The Hall–Kier alpha value is -4.13. The summed E-state index contributed by atoms with van der Waals surface area (Å²) in [6.45, 7) is 2.43. The summed E-state index contributed by atoms with van der Waals surface area (Å²) in [5.41, 5.74) is 5.05. The highest BCUT2D eigenvalue weighted by Crippen LogP contribution is 2.24. The maximum atomic E-state index is 12.8. The Morgan fingerprint density at radius 3 is 2.16 bits per heavy atom. The van der Waals surface area contributed by atoms with Gasteiger partial charge in [-0.15, -0.1) is 0 Å². The number of fused-ring (bicyclic) bond motifs is 2. The van der Waals surface area contributed by atoms with Gasteiger partial charge in [0.25, 0.3) is 0 Å². The molecule has 0 saturated heterocycles. The fourth-order valence-corrected chi connectivity index (χ4v) is 4.18. The van der Waals surface area contributed by atoms with E-state index in [1.165, 1.54) is 4.57 Å². The lowest BCUT2D eigenvalue weighted by atomic mass is 10.2. The number of nitrogens with one attached hydrogen (secondary N) is 1. The lowest BCUT2D eigenvalue weighted by Gasteiger charge is -2.08. The van der Waals surface area contributed by atoms with E-state index >= 15 is 0 Å². The van der Waals surface area contributed by atoms with Crippen LogP contribution in [-0.2, 0) is 24.9 Å². The lowest BCUT2D eigenvalue weighted by Crippen LogP contribution is -2.29. The molecule has 7 heteroatoms. The van der Waals surface area contributed by atoms with E-state index < -0.39 is 0 Å². The first-order chi connectivity index (χ1) is 15.6. The molecule has 0 atom stereocenters. The predicted molar refractivity (Wildman–Crippen MR) is 127 cm³/mol. The largest absolute Gasteiger partial charge is 0.329 e. The third-order valence-electron chi connectivity index (χ3n) is 5.76. The van der Waals surface area contributed by atoms with Crippen molar-refractivity contribution >= 4 is 33.7 Å². The predicted octanol–water partition coefficient (Wildman–Crippen LogP) is 4.02. The van der Waals surface area contributed by atoms with Crippen LogP contribution >= 0.6 is 0 Å². The minimum Gasteiger partial charge on any atom is -0.327 e. The van der Waals surface area contributed by atoms with Gasteiger partial charge >= 0.3 is 5.69 Å². The summed E-state index contributed by atoms with van der Waals surface area (Å²) in [5, 5.41) is 2.89. The van der Waals surface area contributed by atoms with Gasteiger partial charge in [-0.3, -0.25) is 13.9 Å². The molecular formula is C25H23N5O2. The number of carbonyl (C=O) groups is 1. The van der Waals surface area contributed by atoms with E-state index in [4.69, 9.17) is 4.98 Å². The Balaban J connectivity index is 1.37. The maximum absolute atomic E-state index is 12.8. The van der Waals surface area contributed by atoms with Gasteiger partial charge < -0.3 is 9.88 Å². The van der Waals surface area contributed by atoms with Crippen LogP contribution in [0.4, 0.5) is 5.69 Å². The first-order valence-corrected chi connectivity index (χ1v) is 10.6. The van der Waals surface area contributed by atoms with Crippen LogP contribution in [0, 0.1) is 0 Å². The molecule has 5 aromatic rings. The van der Waals surface area contributed by atoms with Crippen molar-refractivity contribution in [2.75, 3.05) is 5.32 Å². The molecule has 2 heterocycles. The molecule has 7 nitrogen and oxygen atoms in total. The molecule has 0 aliphatic heterocycles. The first-order valence-electron chi connectivity index (χ1n) is 10.6. The summed E-state index contributed by atoms with van der Waals surface area (Å²) in [6, 6.07) is 23.1. The number of amides is 1. The van der Waals surface area contributed by atoms with Crippen molar-refractivity contribution in [3.63, 3.8) is 0 Å². The molecule has 0 spiro atoms. The van der Waals surface area contributed by atoms with Gasteiger partial charge in [-0.25, -0.2) is 9.78 Å². The summed E-state index contributed by atoms with van der Waals surface area (Å²) in [7, 11) is 1.99. The van der Waals surface area contributed by atoms with E-state index in [1.807, 2.05) is 86.8 Å². The number of hydrogen-bond donors (Lipinski definition) is 1. The highest BCUT2D eigenvalue weighted by molar-refractivity contribution is 5.92. The van der Waals surface area contributed by atoms with Gasteiger partial charge in [-0.1, -0.05) is 24.3 Å². The van der Waals surface area contributed by atoms with Crippen LogP contribution in [0.1, 0.15) is 6.92 Å². The molecule has 1 N–H and O–H groups in total. The molecule has 0 unspecified atom stereocenters. The van der Waals surface area contributed by atoms with Crippen molar-refractivity contribution in [2.45, 2.75) is 20.0 Å². The fourth-order valence-electron chi connectivity index (χ4n) is 4.18. The van der Waals surface area contributed by atoms with E-state index in [-0.39, 0.29) is 18.1 Å². The van der Waals surface area contributed by atoms with Crippen molar-refractivity contribution < 1.29 is 4.79 Å². The van der Waals surface area contributed by atoms with E-state index in [2.05, 4.69) is 9.88 Å². The van der Waals surface area contributed by atoms with Crippen molar-refractivity contribution in [1.29, 1.82) is 0 Å². The Morgan fingerprint density at radius 1 is 0.875 bits per heavy atom. The molecule has 1 amide bonds. The molecule has 2 aromatic heterocycles. The molecule has 0 aliphatic rings. The van der Waals surface area contributed by atoms with Crippen LogP contribution in [-0.4, -0.2) is 24.6 Å².